The highest BCUT2D eigenvalue weighted by molar-refractivity contribution is 9.10. The lowest BCUT2D eigenvalue weighted by Crippen LogP contribution is -2.19. The fraction of sp³-hybridized carbons (Fsp3) is 0.455. The largest absolute Gasteiger partial charge is 0.371 e. The van der Waals surface area contributed by atoms with Gasteiger partial charge in [-0.2, -0.15) is 0 Å². The molecule has 14 heavy (non-hydrogen) atoms. The molecule has 0 spiro atoms. The van der Waals surface area contributed by atoms with E-state index < -0.39 is 0 Å². The van der Waals surface area contributed by atoms with Crippen LogP contribution in [0, 0.1) is 5.82 Å². The summed E-state index contributed by atoms with van der Waals surface area (Å²) in [5, 5.41) is 0. The van der Waals surface area contributed by atoms with Crippen molar-refractivity contribution >= 4 is 15.9 Å². The number of benzene rings is 1. The third-order valence-electron chi connectivity index (χ3n) is 1.68. The number of hydrogen-bond acceptors (Lipinski definition) is 1. The van der Waals surface area contributed by atoms with Crippen LogP contribution in [0.5, 0.6) is 0 Å². The molecule has 0 aliphatic rings. The van der Waals surface area contributed by atoms with Crippen LogP contribution in [-0.4, -0.2) is 5.60 Å². The van der Waals surface area contributed by atoms with Gasteiger partial charge in [-0.25, -0.2) is 4.39 Å². The molecule has 0 bridgehead atoms. The van der Waals surface area contributed by atoms with Crippen LogP contribution in [-0.2, 0) is 11.3 Å². The molecule has 0 aliphatic carbocycles. The summed E-state index contributed by atoms with van der Waals surface area (Å²) in [5.74, 6) is -0.233. The van der Waals surface area contributed by atoms with Crippen LogP contribution in [0.1, 0.15) is 26.3 Å². The third-order valence-corrected chi connectivity index (χ3v) is 2.17. The lowest BCUT2D eigenvalue weighted by Gasteiger charge is -2.19. The zero-order chi connectivity index (χ0) is 10.8. The minimum Gasteiger partial charge on any atom is -0.371 e. The van der Waals surface area contributed by atoms with Crippen LogP contribution in [0.2, 0.25) is 0 Å². The van der Waals surface area contributed by atoms with Gasteiger partial charge in [0.15, 0.2) is 0 Å². The Balaban J connectivity index is 2.68. The van der Waals surface area contributed by atoms with Crippen molar-refractivity contribution in [2.24, 2.45) is 0 Å². The standard InChI is InChI=1S/C11H14BrFO/c1-11(2,3)14-7-8-4-5-9(12)6-10(8)13/h4-6H,7H2,1-3H3. The smallest absolute Gasteiger partial charge is 0.129 e. The Kier molecular flexibility index (Phi) is 3.67. The molecular formula is C11H14BrFO. The molecule has 0 saturated carbocycles. The van der Waals surface area contributed by atoms with E-state index in [-0.39, 0.29) is 11.4 Å². The highest BCUT2D eigenvalue weighted by atomic mass is 79.9. The molecule has 1 rings (SSSR count). The summed E-state index contributed by atoms with van der Waals surface area (Å²) in [6.07, 6.45) is 0. The van der Waals surface area contributed by atoms with Gasteiger partial charge in [-0.1, -0.05) is 22.0 Å². The predicted octanol–water partition coefficient (Wildman–Crippen LogP) is 3.90. The summed E-state index contributed by atoms with van der Waals surface area (Å²) in [5.41, 5.74) is 0.350. The van der Waals surface area contributed by atoms with Gasteiger partial charge in [0.05, 0.1) is 12.2 Å². The topological polar surface area (TPSA) is 9.23 Å². The third kappa shape index (κ3) is 3.76. The van der Waals surface area contributed by atoms with Gasteiger partial charge in [0.25, 0.3) is 0 Å². The SMILES string of the molecule is CC(C)(C)OCc1ccc(Br)cc1F. The molecular weight excluding hydrogens is 247 g/mol. The summed E-state index contributed by atoms with van der Waals surface area (Å²) < 4.78 is 19.5. The van der Waals surface area contributed by atoms with Crippen molar-refractivity contribution in [1.82, 2.24) is 0 Å². The van der Waals surface area contributed by atoms with E-state index in [1.165, 1.54) is 6.07 Å². The van der Waals surface area contributed by atoms with E-state index in [0.717, 1.165) is 4.47 Å². The molecule has 0 aliphatic heterocycles. The Morgan fingerprint density at radius 2 is 2.00 bits per heavy atom. The second-order valence-corrected chi connectivity index (χ2v) is 5.05. The van der Waals surface area contributed by atoms with Crippen molar-refractivity contribution in [2.45, 2.75) is 33.0 Å². The summed E-state index contributed by atoms with van der Waals surface area (Å²) in [7, 11) is 0. The molecule has 0 aromatic heterocycles. The van der Waals surface area contributed by atoms with E-state index in [1.54, 1.807) is 6.07 Å². The minimum absolute atomic E-state index is 0.233. The Labute approximate surface area is 92.4 Å². The first-order chi connectivity index (χ1) is 6.38. The number of halogens is 2. The van der Waals surface area contributed by atoms with Crippen molar-refractivity contribution in [3.63, 3.8) is 0 Å². The van der Waals surface area contributed by atoms with Crippen LogP contribution in [0.15, 0.2) is 22.7 Å². The Bertz CT molecular complexity index is 318. The number of ether oxygens (including phenoxy) is 1. The molecule has 0 atom stereocenters. The summed E-state index contributed by atoms with van der Waals surface area (Å²) in [4.78, 5) is 0. The molecule has 0 radical (unpaired) electrons. The quantitative estimate of drug-likeness (QED) is 0.784. The van der Waals surface area contributed by atoms with Crippen LogP contribution in [0.4, 0.5) is 4.39 Å². The second kappa shape index (κ2) is 4.41. The lowest BCUT2D eigenvalue weighted by molar-refractivity contribution is -0.0161. The van der Waals surface area contributed by atoms with Gasteiger partial charge in [0.1, 0.15) is 5.82 Å². The minimum atomic E-state index is -0.237. The van der Waals surface area contributed by atoms with E-state index >= 15 is 0 Å². The number of hydrogen-bond donors (Lipinski definition) is 0. The first kappa shape index (κ1) is 11.7. The van der Waals surface area contributed by atoms with E-state index in [1.807, 2.05) is 26.8 Å². The second-order valence-electron chi connectivity index (χ2n) is 4.14. The van der Waals surface area contributed by atoms with Gasteiger partial charge in [-0.05, 0) is 32.9 Å². The van der Waals surface area contributed by atoms with E-state index in [4.69, 9.17) is 4.74 Å². The monoisotopic (exact) mass is 260 g/mol. The molecule has 1 aromatic rings. The molecule has 0 unspecified atom stereocenters. The van der Waals surface area contributed by atoms with Crippen molar-refractivity contribution in [1.29, 1.82) is 0 Å². The number of rotatable bonds is 2. The maximum atomic E-state index is 13.3. The van der Waals surface area contributed by atoms with Gasteiger partial charge in [0, 0.05) is 10.0 Å². The maximum absolute atomic E-state index is 13.3. The van der Waals surface area contributed by atoms with E-state index in [2.05, 4.69) is 15.9 Å². The average Bonchev–Trinajstić information content (AvgIpc) is 2.00. The van der Waals surface area contributed by atoms with Gasteiger partial charge >= 0.3 is 0 Å². The van der Waals surface area contributed by atoms with Crippen molar-refractivity contribution < 1.29 is 9.13 Å². The van der Waals surface area contributed by atoms with Crippen LogP contribution in [0.3, 0.4) is 0 Å². The summed E-state index contributed by atoms with van der Waals surface area (Å²) in [6, 6.07) is 4.98. The lowest BCUT2D eigenvalue weighted by atomic mass is 10.2. The Morgan fingerprint density at radius 1 is 1.36 bits per heavy atom. The van der Waals surface area contributed by atoms with E-state index in [0.29, 0.717) is 12.2 Å². The summed E-state index contributed by atoms with van der Waals surface area (Å²) in [6.45, 7) is 6.15. The molecule has 0 heterocycles. The van der Waals surface area contributed by atoms with Crippen LogP contribution < -0.4 is 0 Å². The summed E-state index contributed by atoms with van der Waals surface area (Å²) >= 11 is 3.21. The first-order valence-corrected chi connectivity index (χ1v) is 5.26. The van der Waals surface area contributed by atoms with Gasteiger partial charge in [0.2, 0.25) is 0 Å². The Hall–Kier alpha value is -0.410. The fourth-order valence-electron chi connectivity index (χ4n) is 0.933. The molecule has 3 heteroatoms. The molecule has 0 saturated heterocycles. The van der Waals surface area contributed by atoms with Crippen LogP contribution >= 0.6 is 15.9 Å². The molecule has 0 fully saturated rings. The highest BCUT2D eigenvalue weighted by Gasteiger charge is 2.11. The zero-order valence-corrected chi connectivity index (χ0v) is 10.2. The predicted molar refractivity (Wildman–Crippen MR) is 58.6 cm³/mol. The van der Waals surface area contributed by atoms with E-state index in [9.17, 15) is 4.39 Å². The molecule has 0 amide bonds. The molecule has 0 N–H and O–H groups in total. The molecule has 1 nitrogen and oxygen atoms in total. The Morgan fingerprint density at radius 3 is 2.50 bits per heavy atom. The highest BCUT2D eigenvalue weighted by Crippen LogP contribution is 2.18. The zero-order valence-electron chi connectivity index (χ0n) is 8.60. The molecule has 78 valence electrons. The van der Waals surface area contributed by atoms with Crippen LogP contribution in [0.25, 0.3) is 0 Å². The first-order valence-electron chi connectivity index (χ1n) is 4.46. The van der Waals surface area contributed by atoms with Crippen molar-refractivity contribution in [3.05, 3.63) is 34.1 Å². The average molecular weight is 261 g/mol. The van der Waals surface area contributed by atoms with Gasteiger partial charge in [-0.15, -0.1) is 0 Å². The normalized spacial score (nSPS) is 11.8. The molecule has 1 aromatic carbocycles. The van der Waals surface area contributed by atoms with Crippen molar-refractivity contribution in [3.8, 4) is 0 Å². The van der Waals surface area contributed by atoms with Gasteiger partial charge < -0.3 is 4.74 Å². The fourth-order valence-corrected chi connectivity index (χ4v) is 1.27. The maximum Gasteiger partial charge on any atom is 0.129 e. The van der Waals surface area contributed by atoms with Gasteiger partial charge in [-0.3, -0.25) is 0 Å². The van der Waals surface area contributed by atoms with Crippen molar-refractivity contribution in [2.75, 3.05) is 0 Å².